The number of ether oxygens (including phenoxy) is 1. The molecule has 0 saturated carbocycles. The summed E-state index contributed by atoms with van der Waals surface area (Å²) in [6.07, 6.45) is -3.27. The predicted molar refractivity (Wildman–Crippen MR) is 41.8 cm³/mol. The molecule has 0 aromatic carbocycles. The Kier molecular flexibility index (Phi) is 3.13. The van der Waals surface area contributed by atoms with Crippen molar-refractivity contribution in [2.24, 2.45) is 0 Å². The van der Waals surface area contributed by atoms with Crippen molar-refractivity contribution >= 4 is 0 Å². The van der Waals surface area contributed by atoms with Crippen LogP contribution in [0.25, 0.3) is 0 Å². The maximum absolute atomic E-state index is 12.0. The molecule has 0 fully saturated rings. The molecular formula is C8H9F2NO2. The summed E-state index contributed by atoms with van der Waals surface area (Å²) < 4.78 is 28.8. The Morgan fingerprint density at radius 2 is 2.23 bits per heavy atom. The Morgan fingerprint density at radius 1 is 1.54 bits per heavy atom. The van der Waals surface area contributed by atoms with E-state index in [1.54, 1.807) is 0 Å². The lowest BCUT2D eigenvalue weighted by Gasteiger charge is -2.09. The lowest BCUT2D eigenvalue weighted by molar-refractivity contribution is -0.00592. The van der Waals surface area contributed by atoms with E-state index in [4.69, 9.17) is 9.84 Å². The van der Waals surface area contributed by atoms with Gasteiger partial charge in [0.15, 0.2) is 0 Å². The summed E-state index contributed by atoms with van der Waals surface area (Å²) >= 11 is 0. The van der Waals surface area contributed by atoms with Crippen LogP contribution in [-0.2, 0) is 0 Å². The molecule has 13 heavy (non-hydrogen) atoms. The lowest BCUT2D eigenvalue weighted by Crippen LogP contribution is -2.08. The summed E-state index contributed by atoms with van der Waals surface area (Å²) in [5, 5.41) is 8.98. The second kappa shape index (κ2) is 4.13. The number of rotatable bonds is 3. The maximum atomic E-state index is 12.0. The molecule has 1 aromatic heterocycles. The summed E-state index contributed by atoms with van der Waals surface area (Å²) in [7, 11) is 1.38. The molecule has 0 spiro atoms. The molecular weight excluding hydrogens is 180 g/mol. The van der Waals surface area contributed by atoms with Crippen molar-refractivity contribution in [1.82, 2.24) is 4.98 Å². The van der Waals surface area contributed by atoms with Gasteiger partial charge in [-0.05, 0) is 11.6 Å². The van der Waals surface area contributed by atoms with E-state index >= 15 is 0 Å². The summed E-state index contributed by atoms with van der Waals surface area (Å²) in [5.74, 6) is 0.206. The molecule has 3 nitrogen and oxygen atoms in total. The smallest absolute Gasteiger partial charge is 0.268 e. The van der Waals surface area contributed by atoms with Crippen LogP contribution in [0.15, 0.2) is 18.3 Å². The van der Waals surface area contributed by atoms with E-state index in [9.17, 15) is 8.78 Å². The van der Waals surface area contributed by atoms with E-state index in [1.165, 1.54) is 25.4 Å². The maximum Gasteiger partial charge on any atom is 0.268 e. The molecule has 0 aliphatic rings. The third-order valence-corrected chi connectivity index (χ3v) is 1.55. The number of aliphatic hydroxyl groups is 1. The van der Waals surface area contributed by atoms with Crippen molar-refractivity contribution < 1.29 is 18.6 Å². The molecule has 0 aliphatic carbocycles. The van der Waals surface area contributed by atoms with E-state index in [-0.39, 0.29) is 11.4 Å². The van der Waals surface area contributed by atoms with Gasteiger partial charge < -0.3 is 9.84 Å². The molecule has 0 radical (unpaired) electrons. The SMILES string of the molecule is COc1cc(C(O)C(F)F)ccn1. The Balaban J connectivity index is 2.88. The summed E-state index contributed by atoms with van der Waals surface area (Å²) in [6, 6.07) is 2.59. The number of pyridine rings is 1. The first-order chi connectivity index (χ1) is 6.15. The first-order valence-electron chi connectivity index (χ1n) is 3.61. The number of hydrogen-bond acceptors (Lipinski definition) is 3. The van der Waals surface area contributed by atoms with Gasteiger partial charge in [0.05, 0.1) is 7.11 Å². The Morgan fingerprint density at radius 3 is 2.77 bits per heavy atom. The zero-order chi connectivity index (χ0) is 9.84. The molecule has 0 bridgehead atoms. The standard InChI is InChI=1S/C8H9F2NO2/c1-13-6-4-5(2-3-11-6)7(12)8(9)10/h2-4,7-8,12H,1H3. The largest absolute Gasteiger partial charge is 0.481 e. The van der Waals surface area contributed by atoms with E-state index in [2.05, 4.69) is 4.98 Å². The fraction of sp³-hybridized carbons (Fsp3) is 0.375. The van der Waals surface area contributed by atoms with E-state index in [1.807, 2.05) is 0 Å². The van der Waals surface area contributed by atoms with Gasteiger partial charge in [-0.15, -0.1) is 0 Å². The molecule has 1 unspecified atom stereocenters. The third-order valence-electron chi connectivity index (χ3n) is 1.55. The predicted octanol–water partition coefficient (Wildman–Crippen LogP) is 1.39. The van der Waals surface area contributed by atoms with Crippen LogP contribution in [0.5, 0.6) is 5.88 Å². The van der Waals surface area contributed by atoms with Gasteiger partial charge in [-0.2, -0.15) is 0 Å². The van der Waals surface area contributed by atoms with E-state index in [0.717, 1.165) is 0 Å². The minimum Gasteiger partial charge on any atom is -0.481 e. The van der Waals surface area contributed by atoms with Crippen LogP contribution < -0.4 is 4.74 Å². The molecule has 5 heteroatoms. The molecule has 1 rings (SSSR count). The van der Waals surface area contributed by atoms with E-state index in [0.29, 0.717) is 0 Å². The van der Waals surface area contributed by atoms with Crippen molar-refractivity contribution in [3.63, 3.8) is 0 Å². The third kappa shape index (κ3) is 2.35. The van der Waals surface area contributed by atoms with Gasteiger partial charge in [0.25, 0.3) is 6.43 Å². The van der Waals surface area contributed by atoms with Crippen LogP contribution in [0.4, 0.5) is 8.78 Å². The van der Waals surface area contributed by atoms with Gasteiger partial charge in [-0.3, -0.25) is 0 Å². The highest BCUT2D eigenvalue weighted by atomic mass is 19.3. The second-order valence-corrected chi connectivity index (χ2v) is 2.41. The number of hydrogen-bond donors (Lipinski definition) is 1. The number of aromatic nitrogens is 1. The number of nitrogens with zero attached hydrogens (tertiary/aromatic N) is 1. The molecule has 1 N–H and O–H groups in total. The number of aliphatic hydroxyl groups excluding tert-OH is 1. The normalized spacial score (nSPS) is 13.0. The molecule has 0 amide bonds. The fourth-order valence-electron chi connectivity index (χ4n) is 0.866. The minimum atomic E-state index is -2.80. The average molecular weight is 189 g/mol. The topological polar surface area (TPSA) is 42.4 Å². The van der Waals surface area contributed by atoms with Crippen LogP contribution in [-0.4, -0.2) is 23.6 Å². The second-order valence-electron chi connectivity index (χ2n) is 2.41. The number of alkyl halides is 2. The van der Waals surface area contributed by atoms with Crippen LogP contribution in [0.2, 0.25) is 0 Å². The van der Waals surface area contributed by atoms with Crippen LogP contribution >= 0.6 is 0 Å². The Hall–Kier alpha value is -1.23. The van der Waals surface area contributed by atoms with Crippen molar-refractivity contribution in [3.8, 4) is 5.88 Å². The van der Waals surface area contributed by atoms with E-state index < -0.39 is 12.5 Å². The zero-order valence-corrected chi connectivity index (χ0v) is 6.95. The van der Waals surface area contributed by atoms with Gasteiger partial charge in [0.1, 0.15) is 6.10 Å². The van der Waals surface area contributed by atoms with Crippen molar-refractivity contribution in [3.05, 3.63) is 23.9 Å². The molecule has 1 aromatic rings. The van der Waals surface area contributed by atoms with Crippen LogP contribution in [0.1, 0.15) is 11.7 Å². The van der Waals surface area contributed by atoms with Gasteiger partial charge in [-0.25, -0.2) is 13.8 Å². The first-order valence-corrected chi connectivity index (χ1v) is 3.61. The monoisotopic (exact) mass is 189 g/mol. The molecule has 1 atom stereocenters. The number of halogens is 2. The summed E-state index contributed by atoms with van der Waals surface area (Å²) in [4.78, 5) is 3.72. The quantitative estimate of drug-likeness (QED) is 0.781. The molecule has 0 aliphatic heterocycles. The fourth-order valence-corrected chi connectivity index (χ4v) is 0.866. The van der Waals surface area contributed by atoms with Crippen molar-refractivity contribution in [1.29, 1.82) is 0 Å². The molecule has 72 valence electrons. The highest BCUT2D eigenvalue weighted by molar-refractivity contribution is 5.22. The van der Waals surface area contributed by atoms with Crippen molar-refractivity contribution in [2.75, 3.05) is 7.11 Å². The van der Waals surface area contributed by atoms with Gasteiger partial charge in [0.2, 0.25) is 5.88 Å². The van der Waals surface area contributed by atoms with Crippen molar-refractivity contribution in [2.45, 2.75) is 12.5 Å². The highest BCUT2D eigenvalue weighted by Crippen LogP contribution is 2.21. The molecule has 0 saturated heterocycles. The Labute approximate surface area is 74.0 Å². The van der Waals surface area contributed by atoms with Gasteiger partial charge in [-0.1, -0.05) is 0 Å². The molecule has 1 heterocycles. The van der Waals surface area contributed by atoms with Crippen LogP contribution in [0.3, 0.4) is 0 Å². The summed E-state index contributed by atoms with van der Waals surface area (Å²) in [5.41, 5.74) is 0.0989. The zero-order valence-electron chi connectivity index (χ0n) is 6.95. The number of methoxy groups -OCH3 is 1. The average Bonchev–Trinajstić information content (AvgIpc) is 2.16. The minimum absolute atomic E-state index is 0.0989. The van der Waals surface area contributed by atoms with Gasteiger partial charge >= 0.3 is 0 Å². The first kappa shape index (κ1) is 9.85. The lowest BCUT2D eigenvalue weighted by atomic mass is 10.1. The summed E-state index contributed by atoms with van der Waals surface area (Å²) in [6.45, 7) is 0. The van der Waals surface area contributed by atoms with Gasteiger partial charge in [0, 0.05) is 12.3 Å². The Bertz CT molecular complexity index is 281. The highest BCUT2D eigenvalue weighted by Gasteiger charge is 2.19. The van der Waals surface area contributed by atoms with Crippen LogP contribution in [0, 0.1) is 0 Å².